The van der Waals surface area contributed by atoms with Crippen LogP contribution in [0.5, 0.6) is 0 Å². The van der Waals surface area contributed by atoms with Crippen molar-refractivity contribution in [3.8, 4) is 0 Å². The van der Waals surface area contributed by atoms with E-state index in [1.54, 1.807) is 0 Å². The lowest BCUT2D eigenvalue weighted by Crippen LogP contribution is -2.40. The maximum atomic E-state index is 12.3. The van der Waals surface area contributed by atoms with Gasteiger partial charge in [0.15, 0.2) is 0 Å². The summed E-state index contributed by atoms with van der Waals surface area (Å²) in [4.78, 5) is 14.2. The minimum Gasteiger partial charge on any atom is -0.341 e. The summed E-state index contributed by atoms with van der Waals surface area (Å²) < 4.78 is 0. The molecule has 18 heavy (non-hydrogen) atoms. The Morgan fingerprint density at radius 3 is 2.67 bits per heavy atom. The van der Waals surface area contributed by atoms with Gasteiger partial charge in [-0.1, -0.05) is 6.92 Å². The van der Waals surface area contributed by atoms with Crippen molar-refractivity contribution in [3.05, 3.63) is 0 Å². The normalized spacial score (nSPS) is 30.1. The van der Waals surface area contributed by atoms with E-state index in [1.807, 2.05) is 11.9 Å². The van der Waals surface area contributed by atoms with E-state index >= 15 is 0 Å². The van der Waals surface area contributed by atoms with E-state index in [9.17, 15) is 4.79 Å². The molecule has 2 heterocycles. The fraction of sp³-hybridized carbons (Fsp3) is 0.929. The number of piperidine rings is 1. The quantitative estimate of drug-likeness (QED) is 0.780. The second-order valence-corrected chi connectivity index (χ2v) is 5.94. The van der Waals surface area contributed by atoms with Crippen LogP contribution in [0, 0.1) is 11.8 Å². The van der Waals surface area contributed by atoms with Gasteiger partial charge in [0, 0.05) is 26.1 Å². The highest BCUT2D eigenvalue weighted by Crippen LogP contribution is 2.23. The van der Waals surface area contributed by atoms with Crippen LogP contribution in [-0.2, 0) is 4.79 Å². The van der Waals surface area contributed by atoms with E-state index < -0.39 is 0 Å². The first kappa shape index (κ1) is 13.8. The first-order chi connectivity index (χ1) is 8.68. The van der Waals surface area contributed by atoms with Gasteiger partial charge in [0.05, 0.1) is 0 Å². The summed E-state index contributed by atoms with van der Waals surface area (Å²) in [5.41, 5.74) is 0. The van der Waals surface area contributed by atoms with Gasteiger partial charge in [-0.3, -0.25) is 4.79 Å². The molecule has 0 aromatic heterocycles. The topological polar surface area (TPSA) is 44.4 Å². The van der Waals surface area contributed by atoms with Gasteiger partial charge in [0.2, 0.25) is 5.91 Å². The second-order valence-electron chi connectivity index (χ2n) is 5.94. The number of nitrogens with one attached hydrogen (secondary N) is 2. The van der Waals surface area contributed by atoms with Gasteiger partial charge in [-0.05, 0) is 50.7 Å². The van der Waals surface area contributed by atoms with Crippen molar-refractivity contribution >= 4 is 5.91 Å². The van der Waals surface area contributed by atoms with Crippen LogP contribution in [-0.4, -0.2) is 50.1 Å². The van der Waals surface area contributed by atoms with E-state index in [4.69, 9.17) is 0 Å². The lowest BCUT2D eigenvalue weighted by Gasteiger charge is -2.30. The van der Waals surface area contributed by atoms with Crippen molar-refractivity contribution in [1.29, 1.82) is 0 Å². The number of carbonyl (C=O) groups is 1. The number of hydrogen-bond acceptors (Lipinski definition) is 3. The van der Waals surface area contributed by atoms with Gasteiger partial charge >= 0.3 is 0 Å². The Morgan fingerprint density at radius 2 is 2.06 bits per heavy atom. The Hall–Kier alpha value is -0.610. The lowest BCUT2D eigenvalue weighted by atomic mass is 9.85. The summed E-state index contributed by atoms with van der Waals surface area (Å²) in [6.45, 7) is 6.47. The molecule has 0 aromatic carbocycles. The fourth-order valence-corrected chi connectivity index (χ4v) is 3.12. The molecule has 3 unspecified atom stereocenters. The average Bonchev–Trinajstić information content (AvgIpc) is 2.92. The summed E-state index contributed by atoms with van der Waals surface area (Å²) in [5.74, 6) is 1.50. The van der Waals surface area contributed by atoms with Crippen molar-refractivity contribution in [3.63, 3.8) is 0 Å². The largest absolute Gasteiger partial charge is 0.341 e. The van der Waals surface area contributed by atoms with Crippen molar-refractivity contribution < 1.29 is 4.79 Å². The maximum Gasteiger partial charge on any atom is 0.222 e. The molecule has 0 saturated carbocycles. The second kappa shape index (κ2) is 6.53. The van der Waals surface area contributed by atoms with Crippen LogP contribution in [0.25, 0.3) is 0 Å². The third-order valence-corrected chi connectivity index (χ3v) is 4.61. The smallest absolute Gasteiger partial charge is 0.222 e. The summed E-state index contributed by atoms with van der Waals surface area (Å²) in [7, 11) is 1.96. The average molecular weight is 253 g/mol. The molecular formula is C14H27N3O. The third-order valence-electron chi connectivity index (χ3n) is 4.61. The zero-order chi connectivity index (χ0) is 13.0. The third kappa shape index (κ3) is 3.45. The first-order valence-electron chi connectivity index (χ1n) is 7.35. The minimum atomic E-state index is 0.321. The Kier molecular flexibility index (Phi) is 5.01. The minimum absolute atomic E-state index is 0.321. The van der Waals surface area contributed by atoms with Crippen LogP contribution in [0.2, 0.25) is 0 Å². The van der Waals surface area contributed by atoms with Crippen molar-refractivity contribution in [2.75, 3.05) is 33.2 Å². The maximum absolute atomic E-state index is 12.3. The molecule has 0 aromatic rings. The highest BCUT2D eigenvalue weighted by Gasteiger charge is 2.27. The zero-order valence-electron chi connectivity index (χ0n) is 11.7. The molecule has 104 valence electrons. The highest BCUT2D eigenvalue weighted by atomic mass is 16.2. The molecule has 0 bridgehead atoms. The Balaban J connectivity index is 1.78. The van der Waals surface area contributed by atoms with E-state index in [0.29, 0.717) is 30.2 Å². The molecule has 3 atom stereocenters. The molecule has 0 aliphatic carbocycles. The summed E-state index contributed by atoms with van der Waals surface area (Å²) >= 11 is 0. The standard InChI is InChI=1S/C14H27N3O/c1-11(12-4-3-6-15-9-12)8-14(18)17(2)13-5-7-16-10-13/h11-13,15-16H,3-10H2,1-2H3. The molecule has 4 heteroatoms. The number of rotatable bonds is 4. The number of hydrogen-bond donors (Lipinski definition) is 2. The first-order valence-corrected chi connectivity index (χ1v) is 7.35. The van der Waals surface area contributed by atoms with E-state index in [2.05, 4.69) is 17.6 Å². The number of amides is 1. The summed E-state index contributed by atoms with van der Waals surface area (Å²) in [6, 6.07) is 0.411. The summed E-state index contributed by atoms with van der Waals surface area (Å²) in [6.07, 6.45) is 4.34. The van der Waals surface area contributed by atoms with Crippen molar-refractivity contribution in [1.82, 2.24) is 15.5 Å². The van der Waals surface area contributed by atoms with Crippen molar-refractivity contribution in [2.24, 2.45) is 11.8 Å². The SMILES string of the molecule is CC(CC(=O)N(C)C1CCNC1)C1CCCNC1. The molecular weight excluding hydrogens is 226 g/mol. The molecule has 4 nitrogen and oxygen atoms in total. The van der Waals surface area contributed by atoms with Gasteiger partial charge in [0.1, 0.15) is 0 Å². The molecule has 2 saturated heterocycles. The fourth-order valence-electron chi connectivity index (χ4n) is 3.12. The monoisotopic (exact) mass is 253 g/mol. The van der Waals surface area contributed by atoms with Gasteiger partial charge in [-0.15, -0.1) is 0 Å². The highest BCUT2D eigenvalue weighted by molar-refractivity contribution is 5.76. The van der Waals surface area contributed by atoms with Crippen LogP contribution >= 0.6 is 0 Å². The van der Waals surface area contributed by atoms with Crippen LogP contribution in [0.15, 0.2) is 0 Å². The predicted octanol–water partition coefficient (Wildman–Crippen LogP) is 0.833. The molecule has 2 aliphatic heterocycles. The van der Waals surface area contributed by atoms with Gasteiger partial charge in [0.25, 0.3) is 0 Å². The van der Waals surface area contributed by atoms with E-state index in [-0.39, 0.29) is 0 Å². The number of nitrogens with zero attached hydrogens (tertiary/aromatic N) is 1. The van der Waals surface area contributed by atoms with Gasteiger partial charge < -0.3 is 15.5 Å². The Bertz CT molecular complexity index is 270. The predicted molar refractivity (Wildman–Crippen MR) is 73.4 cm³/mol. The van der Waals surface area contributed by atoms with E-state index in [1.165, 1.54) is 12.8 Å². The Labute approximate surface area is 110 Å². The lowest BCUT2D eigenvalue weighted by molar-refractivity contribution is -0.133. The number of carbonyl (C=O) groups excluding carboxylic acids is 1. The molecule has 0 radical (unpaired) electrons. The zero-order valence-corrected chi connectivity index (χ0v) is 11.7. The molecule has 2 fully saturated rings. The molecule has 2 N–H and O–H groups in total. The molecule has 0 spiro atoms. The molecule has 2 aliphatic rings. The van der Waals surface area contributed by atoms with Gasteiger partial charge in [-0.2, -0.15) is 0 Å². The van der Waals surface area contributed by atoms with Crippen molar-refractivity contribution in [2.45, 2.75) is 38.6 Å². The summed E-state index contributed by atoms with van der Waals surface area (Å²) in [5, 5.41) is 6.76. The van der Waals surface area contributed by atoms with Crippen LogP contribution in [0.1, 0.15) is 32.6 Å². The molecule has 2 rings (SSSR count). The Morgan fingerprint density at radius 1 is 1.28 bits per heavy atom. The molecule has 1 amide bonds. The van der Waals surface area contributed by atoms with E-state index in [0.717, 1.165) is 32.6 Å². The van der Waals surface area contributed by atoms with Crippen LogP contribution < -0.4 is 10.6 Å². The van der Waals surface area contributed by atoms with Gasteiger partial charge in [-0.25, -0.2) is 0 Å². The van der Waals surface area contributed by atoms with Crippen LogP contribution in [0.4, 0.5) is 0 Å². The van der Waals surface area contributed by atoms with Crippen LogP contribution in [0.3, 0.4) is 0 Å². The number of likely N-dealkylation sites (N-methyl/N-ethyl adjacent to an activating group) is 1.